The molecule has 3 aromatic rings. The summed E-state index contributed by atoms with van der Waals surface area (Å²) in [5, 5.41) is 4.56. The van der Waals surface area contributed by atoms with Crippen molar-refractivity contribution in [2.24, 2.45) is 5.92 Å². The molecule has 1 aliphatic carbocycles. The van der Waals surface area contributed by atoms with Gasteiger partial charge in [-0.05, 0) is 56.9 Å². The average molecular weight is 510 g/mol. The van der Waals surface area contributed by atoms with Gasteiger partial charge in [0.25, 0.3) is 5.91 Å². The maximum absolute atomic E-state index is 15.6. The van der Waals surface area contributed by atoms with Gasteiger partial charge in [-0.15, -0.1) is 0 Å². The lowest BCUT2D eigenvalue weighted by Crippen LogP contribution is -2.29. The number of halogens is 3. The molecule has 0 radical (unpaired) electrons. The first-order valence-corrected chi connectivity index (χ1v) is 11.3. The van der Waals surface area contributed by atoms with E-state index in [-0.39, 0.29) is 22.8 Å². The summed E-state index contributed by atoms with van der Waals surface area (Å²) in [6.07, 6.45) is 3.78. The van der Waals surface area contributed by atoms with E-state index >= 15 is 4.39 Å². The normalized spacial score (nSPS) is 13.8. The predicted molar refractivity (Wildman–Crippen MR) is 123 cm³/mol. The number of nitrogens with one attached hydrogen (secondary N) is 1. The van der Waals surface area contributed by atoms with E-state index in [2.05, 4.69) is 26.2 Å². The van der Waals surface area contributed by atoms with Crippen LogP contribution in [0, 0.1) is 11.7 Å². The Labute approximate surface area is 193 Å². The Morgan fingerprint density at radius 1 is 1.42 bits per heavy atom. The summed E-state index contributed by atoms with van der Waals surface area (Å²) in [7, 11) is 1.54. The highest BCUT2D eigenvalue weighted by molar-refractivity contribution is 9.10. The molecule has 2 aromatic carbocycles. The van der Waals surface area contributed by atoms with Crippen molar-refractivity contribution in [1.82, 2.24) is 14.6 Å². The number of fused-ring (bicyclic) bond motifs is 1. The van der Waals surface area contributed by atoms with Gasteiger partial charge in [-0.1, -0.05) is 27.5 Å². The average Bonchev–Trinajstić information content (AvgIpc) is 3.45. The molecular formula is C22H23BrClFN4O2. The summed E-state index contributed by atoms with van der Waals surface area (Å²) in [5.41, 5.74) is 1.35. The summed E-state index contributed by atoms with van der Waals surface area (Å²) in [6.45, 7) is 4.41. The number of carbonyl (C=O) groups is 1. The third-order valence-corrected chi connectivity index (χ3v) is 6.08. The lowest BCUT2D eigenvalue weighted by Gasteiger charge is -2.20. The van der Waals surface area contributed by atoms with Gasteiger partial charge in [0.2, 0.25) is 0 Å². The Morgan fingerprint density at radius 2 is 2.16 bits per heavy atom. The molecule has 1 aromatic heterocycles. The number of benzene rings is 2. The quantitative estimate of drug-likeness (QED) is 0.378. The van der Waals surface area contributed by atoms with E-state index in [0.29, 0.717) is 28.8 Å². The van der Waals surface area contributed by atoms with Crippen LogP contribution in [0.1, 0.15) is 43.1 Å². The summed E-state index contributed by atoms with van der Waals surface area (Å²) >= 11 is 9.69. The number of aromatic nitrogens is 2. The molecule has 1 aliphatic rings. The Morgan fingerprint density at radius 3 is 2.81 bits per heavy atom. The molecule has 1 saturated carbocycles. The zero-order chi connectivity index (χ0) is 22.3. The number of hydrogen-bond donors (Lipinski definition) is 1. The van der Waals surface area contributed by atoms with Crippen LogP contribution in [0.4, 0.5) is 15.8 Å². The summed E-state index contributed by atoms with van der Waals surface area (Å²) < 4.78 is 18.3. The molecular weight excluding hydrogens is 487 g/mol. The largest absolute Gasteiger partial charge is 0.351 e. The van der Waals surface area contributed by atoms with Crippen molar-refractivity contribution in [3.63, 3.8) is 0 Å². The Balaban J connectivity index is 1.80. The molecule has 0 saturated heterocycles. The van der Waals surface area contributed by atoms with Gasteiger partial charge in [0.15, 0.2) is 5.82 Å². The van der Waals surface area contributed by atoms with E-state index in [1.807, 2.05) is 18.4 Å². The molecule has 1 heterocycles. The van der Waals surface area contributed by atoms with Gasteiger partial charge in [-0.2, -0.15) is 0 Å². The molecule has 0 spiro atoms. The van der Waals surface area contributed by atoms with E-state index in [0.717, 1.165) is 17.3 Å². The molecule has 4 rings (SSSR count). The van der Waals surface area contributed by atoms with Gasteiger partial charge in [0.05, 0.1) is 40.4 Å². The minimum Gasteiger partial charge on any atom is -0.351 e. The lowest BCUT2D eigenvalue weighted by molar-refractivity contribution is -0.109. The molecule has 1 N–H and O–H groups in total. The summed E-state index contributed by atoms with van der Waals surface area (Å²) in [4.78, 5) is 23.1. The van der Waals surface area contributed by atoms with Gasteiger partial charge in [0, 0.05) is 17.6 Å². The van der Waals surface area contributed by atoms with Crippen molar-refractivity contribution in [1.29, 1.82) is 0 Å². The van der Waals surface area contributed by atoms with Crippen LogP contribution >= 0.6 is 27.5 Å². The maximum atomic E-state index is 15.6. The van der Waals surface area contributed by atoms with Crippen LogP contribution in [0.25, 0.3) is 11.0 Å². The molecule has 0 bridgehead atoms. The van der Waals surface area contributed by atoms with E-state index in [9.17, 15) is 4.79 Å². The highest BCUT2D eigenvalue weighted by Gasteiger charge is 2.27. The fourth-order valence-electron chi connectivity index (χ4n) is 3.29. The Bertz CT molecular complexity index is 1150. The van der Waals surface area contributed by atoms with Crippen molar-refractivity contribution in [2.75, 3.05) is 19.0 Å². The highest BCUT2D eigenvalue weighted by atomic mass is 79.9. The standard InChI is InChI=1S/C22H23BrClFN4O2/c1-12(2)29-11-26-21-18(29)9-15(22(30)28(3)31-10-13-4-5-13)20(19(21)25)27-17-7-6-14(23)8-16(17)24/h6-9,11-13,27H,4-5,10H2,1-3H3. The molecule has 0 atom stereocenters. The summed E-state index contributed by atoms with van der Waals surface area (Å²) in [6, 6.07) is 6.89. The molecule has 31 heavy (non-hydrogen) atoms. The zero-order valence-corrected chi connectivity index (χ0v) is 19.8. The molecule has 164 valence electrons. The van der Waals surface area contributed by atoms with E-state index in [1.54, 1.807) is 37.6 Å². The van der Waals surface area contributed by atoms with Gasteiger partial charge in [0.1, 0.15) is 5.52 Å². The number of imidazole rings is 1. The van der Waals surface area contributed by atoms with Crippen molar-refractivity contribution >= 4 is 55.8 Å². The van der Waals surface area contributed by atoms with Crippen LogP contribution in [0.15, 0.2) is 35.1 Å². The number of anilines is 2. The smallest absolute Gasteiger partial charge is 0.279 e. The summed E-state index contributed by atoms with van der Waals surface area (Å²) in [5.74, 6) is -0.584. The first-order chi connectivity index (χ1) is 14.8. The van der Waals surface area contributed by atoms with Crippen LogP contribution in [-0.2, 0) is 4.84 Å². The number of hydroxylamine groups is 2. The molecule has 0 unspecified atom stereocenters. The maximum Gasteiger partial charge on any atom is 0.279 e. The predicted octanol–water partition coefficient (Wildman–Crippen LogP) is 6.33. The second kappa shape index (κ2) is 8.76. The third-order valence-electron chi connectivity index (χ3n) is 5.27. The highest BCUT2D eigenvalue weighted by Crippen LogP contribution is 2.35. The topological polar surface area (TPSA) is 59.4 Å². The van der Waals surface area contributed by atoms with Gasteiger partial charge < -0.3 is 9.88 Å². The fraction of sp³-hybridized carbons (Fsp3) is 0.364. The van der Waals surface area contributed by atoms with Crippen LogP contribution in [-0.4, -0.2) is 34.2 Å². The first kappa shape index (κ1) is 22.0. The van der Waals surface area contributed by atoms with Crippen LogP contribution < -0.4 is 5.32 Å². The minimum atomic E-state index is -0.616. The molecule has 1 fully saturated rings. The van der Waals surface area contributed by atoms with Crippen LogP contribution in [0.2, 0.25) is 5.02 Å². The van der Waals surface area contributed by atoms with E-state index < -0.39 is 11.7 Å². The number of nitrogens with zero attached hydrogens (tertiary/aromatic N) is 3. The second-order valence-electron chi connectivity index (χ2n) is 8.02. The fourth-order valence-corrected chi connectivity index (χ4v) is 4.01. The number of amides is 1. The minimum absolute atomic E-state index is 0.0117. The van der Waals surface area contributed by atoms with Crippen molar-refractivity contribution in [3.8, 4) is 0 Å². The number of carbonyl (C=O) groups excluding carboxylic acids is 1. The Kier molecular flexibility index (Phi) is 6.23. The zero-order valence-electron chi connectivity index (χ0n) is 17.5. The third kappa shape index (κ3) is 4.56. The van der Waals surface area contributed by atoms with Crippen LogP contribution in [0.3, 0.4) is 0 Å². The number of rotatable bonds is 7. The number of hydrogen-bond acceptors (Lipinski definition) is 4. The molecule has 9 heteroatoms. The molecule has 0 aliphatic heterocycles. The van der Waals surface area contributed by atoms with Gasteiger partial charge >= 0.3 is 0 Å². The Hall–Kier alpha value is -2.16. The molecule has 1 amide bonds. The van der Waals surface area contributed by atoms with Gasteiger partial charge in [-0.25, -0.2) is 14.4 Å². The van der Waals surface area contributed by atoms with Crippen molar-refractivity contribution in [2.45, 2.75) is 32.7 Å². The van der Waals surface area contributed by atoms with Crippen LogP contribution in [0.5, 0.6) is 0 Å². The molecule has 6 nitrogen and oxygen atoms in total. The lowest BCUT2D eigenvalue weighted by atomic mass is 10.1. The van der Waals surface area contributed by atoms with Gasteiger partial charge in [-0.3, -0.25) is 9.63 Å². The van der Waals surface area contributed by atoms with E-state index in [4.69, 9.17) is 16.4 Å². The van der Waals surface area contributed by atoms with E-state index in [1.165, 1.54) is 5.06 Å². The van der Waals surface area contributed by atoms with Crippen molar-refractivity contribution in [3.05, 3.63) is 51.5 Å². The first-order valence-electron chi connectivity index (χ1n) is 10.1. The second-order valence-corrected chi connectivity index (χ2v) is 9.34. The monoisotopic (exact) mass is 508 g/mol. The van der Waals surface area contributed by atoms with Crippen molar-refractivity contribution < 1.29 is 14.0 Å². The SMILES string of the molecule is CC(C)n1cnc2c(F)c(Nc3ccc(Br)cc3Cl)c(C(=O)N(C)OCC3CC3)cc21.